The van der Waals surface area contributed by atoms with Crippen LogP contribution < -0.4 is 4.90 Å². The Kier molecular flexibility index (Phi) is 3.44. The van der Waals surface area contributed by atoms with Crippen molar-refractivity contribution in [2.24, 2.45) is 0 Å². The predicted octanol–water partition coefficient (Wildman–Crippen LogP) is 1.85. The van der Waals surface area contributed by atoms with Gasteiger partial charge in [-0.15, -0.1) is 26.9 Å². The minimum Gasteiger partial charge on any atom is -0.346 e. The minimum atomic E-state index is -4.49. The van der Waals surface area contributed by atoms with Gasteiger partial charge in [0.15, 0.2) is 11.6 Å². The Balaban J connectivity index is 1.83. The number of alkyl halides is 4. The number of anilines is 1. The van der Waals surface area contributed by atoms with E-state index in [-0.39, 0.29) is 24.8 Å². The van der Waals surface area contributed by atoms with Gasteiger partial charge in [0, 0.05) is 13.1 Å². The third-order valence-corrected chi connectivity index (χ3v) is 3.45. The van der Waals surface area contributed by atoms with Crippen molar-refractivity contribution in [2.45, 2.75) is 25.1 Å². The molecule has 1 aliphatic rings. The largest absolute Gasteiger partial charge is 0.451 e. The van der Waals surface area contributed by atoms with E-state index >= 15 is 0 Å². The molecular formula is C11H10ClF3N6. The third-order valence-electron chi connectivity index (χ3n) is 3.17. The second-order valence-corrected chi connectivity index (χ2v) is 4.79. The number of nitrogens with zero attached hydrogens (tertiary/aromatic N) is 6. The summed E-state index contributed by atoms with van der Waals surface area (Å²) < 4.78 is 39.3. The molecule has 0 radical (unpaired) electrons. The average Bonchev–Trinajstić information content (AvgIpc) is 2.90. The Morgan fingerprint density at radius 2 is 1.90 bits per heavy atom. The SMILES string of the molecule is FC(F)(F)c1nnc2n1CCN(c1ccc(CCl)nn1)C2. The Hall–Kier alpha value is -1.90. The van der Waals surface area contributed by atoms with Gasteiger partial charge in [-0.25, -0.2) is 0 Å². The van der Waals surface area contributed by atoms with Crippen LogP contribution >= 0.6 is 11.6 Å². The second kappa shape index (κ2) is 5.14. The molecule has 0 fully saturated rings. The Bertz CT molecular complexity index is 638. The molecule has 0 aromatic carbocycles. The van der Waals surface area contributed by atoms with Crippen LogP contribution in [0.1, 0.15) is 17.3 Å². The van der Waals surface area contributed by atoms with Gasteiger partial charge in [-0.3, -0.25) is 0 Å². The lowest BCUT2D eigenvalue weighted by atomic mass is 10.3. The van der Waals surface area contributed by atoms with Crippen molar-refractivity contribution in [1.82, 2.24) is 25.0 Å². The smallest absolute Gasteiger partial charge is 0.346 e. The van der Waals surface area contributed by atoms with Crippen LogP contribution in [0.5, 0.6) is 0 Å². The first-order chi connectivity index (χ1) is 9.99. The molecule has 0 spiro atoms. The van der Waals surface area contributed by atoms with Gasteiger partial charge >= 0.3 is 6.18 Å². The van der Waals surface area contributed by atoms with Crippen LogP contribution in [-0.4, -0.2) is 31.5 Å². The molecule has 0 aliphatic carbocycles. The van der Waals surface area contributed by atoms with E-state index in [2.05, 4.69) is 20.4 Å². The molecule has 10 heteroatoms. The normalized spacial score (nSPS) is 15.1. The summed E-state index contributed by atoms with van der Waals surface area (Å²) in [6, 6.07) is 3.47. The van der Waals surface area contributed by atoms with E-state index in [4.69, 9.17) is 11.6 Å². The summed E-state index contributed by atoms with van der Waals surface area (Å²) in [4.78, 5) is 1.80. The van der Waals surface area contributed by atoms with Crippen LogP contribution in [0.2, 0.25) is 0 Å². The zero-order chi connectivity index (χ0) is 15.0. The van der Waals surface area contributed by atoms with Crippen LogP contribution in [0, 0.1) is 0 Å². The predicted molar refractivity (Wildman–Crippen MR) is 67.7 cm³/mol. The van der Waals surface area contributed by atoms with Crippen molar-refractivity contribution in [3.05, 3.63) is 29.5 Å². The molecule has 1 aliphatic heterocycles. The van der Waals surface area contributed by atoms with Gasteiger partial charge in [0.25, 0.3) is 0 Å². The van der Waals surface area contributed by atoms with Gasteiger partial charge in [-0.05, 0) is 12.1 Å². The molecule has 3 rings (SSSR count). The maximum atomic E-state index is 12.7. The number of hydrogen-bond acceptors (Lipinski definition) is 5. The van der Waals surface area contributed by atoms with Crippen LogP contribution in [0.15, 0.2) is 12.1 Å². The first-order valence-electron chi connectivity index (χ1n) is 6.12. The monoisotopic (exact) mass is 318 g/mol. The quantitative estimate of drug-likeness (QED) is 0.791. The van der Waals surface area contributed by atoms with E-state index in [0.717, 1.165) is 4.57 Å². The fraction of sp³-hybridized carbons (Fsp3) is 0.455. The van der Waals surface area contributed by atoms with E-state index in [9.17, 15) is 13.2 Å². The van der Waals surface area contributed by atoms with Crippen molar-refractivity contribution in [3.8, 4) is 0 Å². The van der Waals surface area contributed by atoms with Crippen LogP contribution in [0.25, 0.3) is 0 Å². The lowest BCUT2D eigenvalue weighted by Gasteiger charge is -2.28. The van der Waals surface area contributed by atoms with Crippen LogP contribution in [-0.2, 0) is 25.1 Å². The fourth-order valence-electron chi connectivity index (χ4n) is 2.16. The highest BCUT2D eigenvalue weighted by molar-refractivity contribution is 6.16. The maximum Gasteiger partial charge on any atom is 0.451 e. The molecule has 0 saturated heterocycles. The molecule has 112 valence electrons. The Morgan fingerprint density at radius 3 is 2.52 bits per heavy atom. The second-order valence-electron chi connectivity index (χ2n) is 4.53. The van der Waals surface area contributed by atoms with Gasteiger partial charge < -0.3 is 9.47 Å². The standard InChI is InChI=1S/C11H10ClF3N6/c12-5-7-1-2-8(17-16-7)20-3-4-21-9(6-20)18-19-10(21)11(13,14)15/h1-2H,3-6H2. The van der Waals surface area contributed by atoms with Gasteiger partial charge in [-0.1, -0.05) is 0 Å². The fourth-order valence-corrected chi connectivity index (χ4v) is 2.30. The highest BCUT2D eigenvalue weighted by Crippen LogP contribution is 2.30. The molecule has 21 heavy (non-hydrogen) atoms. The number of halogens is 4. The van der Waals surface area contributed by atoms with Crippen LogP contribution in [0.4, 0.5) is 19.0 Å². The first kappa shape index (κ1) is 14.1. The van der Waals surface area contributed by atoms with E-state index in [1.807, 2.05) is 0 Å². The minimum absolute atomic E-state index is 0.149. The van der Waals surface area contributed by atoms with E-state index in [1.54, 1.807) is 17.0 Å². The van der Waals surface area contributed by atoms with Crippen molar-refractivity contribution < 1.29 is 13.2 Å². The number of hydrogen-bond donors (Lipinski definition) is 0. The molecule has 0 unspecified atom stereocenters. The highest BCUT2D eigenvalue weighted by atomic mass is 35.5. The molecule has 3 heterocycles. The van der Waals surface area contributed by atoms with Crippen LogP contribution in [0.3, 0.4) is 0 Å². The van der Waals surface area contributed by atoms with Crippen molar-refractivity contribution in [1.29, 1.82) is 0 Å². The zero-order valence-electron chi connectivity index (χ0n) is 10.7. The molecule has 2 aromatic rings. The van der Waals surface area contributed by atoms with Crippen molar-refractivity contribution in [2.75, 3.05) is 11.4 Å². The summed E-state index contributed by atoms with van der Waals surface area (Å²) >= 11 is 5.63. The van der Waals surface area contributed by atoms with E-state index in [0.29, 0.717) is 18.1 Å². The van der Waals surface area contributed by atoms with Crippen molar-refractivity contribution in [3.63, 3.8) is 0 Å². The number of fused-ring (bicyclic) bond motifs is 1. The summed E-state index contributed by atoms with van der Waals surface area (Å²) in [6.45, 7) is 0.733. The summed E-state index contributed by atoms with van der Waals surface area (Å²) in [7, 11) is 0. The van der Waals surface area contributed by atoms with Gasteiger partial charge in [0.1, 0.15) is 0 Å². The molecule has 0 saturated carbocycles. The molecule has 6 nitrogen and oxygen atoms in total. The lowest BCUT2D eigenvalue weighted by Crippen LogP contribution is -2.35. The zero-order valence-corrected chi connectivity index (χ0v) is 11.4. The maximum absolute atomic E-state index is 12.7. The topological polar surface area (TPSA) is 59.7 Å². The van der Waals surface area contributed by atoms with Gasteiger partial charge in [-0.2, -0.15) is 18.3 Å². The molecular weight excluding hydrogens is 309 g/mol. The summed E-state index contributed by atoms with van der Waals surface area (Å²) in [5, 5.41) is 14.8. The number of rotatable bonds is 2. The Morgan fingerprint density at radius 1 is 1.10 bits per heavy atom. The molecule has 0 N–H and O–H groups in total. The summed E-state index contributed by atoms with van der Waals surface area (Å²) in [6.07, 6.45) is -4.49. The number of aromatic nitrogens is 5. The molecule has 0 bridgehead atoms. The first-order valence-corrected chi connectivity index (χ1v) is 6.65. The summed E-state index contributed by atoms with van der Waals surface area (Å²) in [5.41, 5.74) is 0.639. The Labute approximate surface area is 122 Å². The summed E-state index contributed by atoms with van der Waals surface area (Å²) in [5.74, 6) is 0.139. The molecule has 2 aromatic heterocycles. The van der Waals surface area contributed by atoms with E-state index < -0.39 is 12.0 Å². The third kappa shape index (κ3) is 2.65. The molecule has 0 atom stereocenters. The van der Waals surface area contributed by atoms with Gasteiger partial charge in [0.05, 0.1) is 18.1 Å². The molecule has 0 amide bonds. The average molecular weight is 319 g/mol. The van der Waals surface area contributed by atoms with Crippen molar-refractivity contribution >= 4 is 17.4 Å². The highest BCUT2D eigenvalue weighted by Gasteiger charge is 2.39. The van der Waals surface area contributed by atoms with Gasteiger partial charge in [0.2, 0.25) is 5.82 Å². The lowest BCUT2D eigenvalue weighted by molar-refractivity contribution is -0.147. The van der Waals surface area contributed by atoms with E-state index in [1.165, 1.54) is 0 Å².